The molecule has 0 radical (unpaired) electrons. The summed E-state index contributed by atoms with van der Waals surface area (Å²) in [6, 6.07) is 19.9. The van der Waals surface area contributed by atoms with E-state index in [1.807, 2.05) is 72.8 Å². The summed E-state index contributed by atoms with van der Waals surface area (Å²) in [5.41, 5.74) is 1.96. The molecule has 3 aromatic rings. The molecule has 0 saturated carbocycles. The summed E-state index contributed by atoms with van der Waals surface area (Å²) < 4.78 is 39.9. The van der Waals surface area contributed by atoms with E-state index in [9.17, 15) is 13.2 Å². The van der Waals surface area contributed by atoms with E-state index in [-0.39, 0.29) is 17.7 Å². The molecule has 1 atom stereocenters. The summed E-state index contributed by atoms with van der Waals surface area (Å²) in [5.74, 6) is -0.0562. The molecule has 1 aromatic heterocycles. The zero-order chi connectivity index (χ0) is 21.1. The molecule has 1 unspecified atom stereocenters. The minimum absolute atomic E-state index is 0.0562. The Morgan fingerprint density at radius 1 is 0.933 bits per heavy atom. The zero-order valence-corrected chi connectivity index (χ0v) is 16.2. The number of nitrogens with zero attached hydrogens (tertiary/aromatic N) is 4. The molecule has 4 nitrogen and oxygen atoms in total. The SMILES string of the molecule is Cc1cc(C(F)(F)F)nc(N2N=C(/C=C/c3ccccc3)CC2c2ccccc2)n1. The first-order valence-electron chi connectivity index (χ1n) is 9.48. The van der Waals surface area contributed by atoms with E-state index in [0.717, 1.165) is 22.9 Å². The standard InChI is InChI=1S/C23H19F3N4/c1-16-14-21(23(24,25)26)28-22(27-16)30-20(18-10-6-3-7-11-18)15-19(29-30)13-12-17-8-4-2-5-9-17/h2-14,20H,15H2,1H3/b13-12+. The van der Waals surface area contributed by atoms with Crippen LogP contribution >= 0.6 is 0 Å². The number of hydrazone groups is 1. The topological polar surface area (TPSA) is 41.4 Å². The van der Waals surface area contributed by atoms with Gasteiger partial charge in [0.05, 0.1) is 11.8 Å². The summed E-state index contributed by atoms with van der Waals surface area (Å²) in [5, 5.41) is 6.05. The largest absolute Gasteiger partial charge is 0.433 e. The molecular weight excluding hydrogens is 389 g/mol. The number of anilines is 1. The molecule has 0 saturated heterocycles. The molecule has 1 aliphatic heterocycles. The van der Waals surface area contributed by atoms with Gasteiger partial charge in [-0.3, -0.25) is 0 Å². The molecule has 2 aromatic carbocycles. The van der Waals surface area contributed by atoms with E-state index >= 15 is 0 Å². The maximum Gasteiger partial charge on any atom is 0.433 e. The number of aromatic nitrogens is 2. The van der Waals surface area contributed by atoms with Gasteiger partial charge in [0.25, 0.3) is 0 Å². The fourth-order valence-corrected chi connectivity index (χ4v) is 3.31. The summed E-state index contributed by atoms with van der Waals surface area (Å²) in [7, 11) is 0. The van der Waals surface area contributed by atoms with Gasteiger partial charge in [-0.1, -0.05) is 66.7 Å². The number of benzene rings is 2. The summed E-state index contributed by atoms with van der Waals surface area (Å²) in [6.07, 6.45) is -0.204. The fraction of sp³-hybridized carbons (Fsp3) is 0.174. The molecule has 2 heterocycles. The lowest BCUT2D eigenvalue weighted by molar-refractivity contribution is -0.141. The van der Waals surface area contributed by atoms with Crippen molar-refractivity contribution in [2.75, 3.05) is 5.01 Å². The van der Waals surface area contributed by atoms with Crippen LogP contribution < -0.4 is 5.01 Å². The number of hydrogen-bond donors (Lipinski definition) is 0. The highest BCUT2D eigenvalue weighted by Gasteiger charge is 2.36. The van der Waals surface area contributed by atoms with Gasteiger partial charge in [0.2, 0.25) is 5.95 Å². The van der Waals surface area contributed by atoms with E-state index in [1.54, 1.807) is 0 Å². The number of halogens is 3. The van der Waals surface area contributed by atoms with Crippen molar-refractivity contribution in [3.8, 4) is 0 Å². The second-order valence-corrected chi connectivity index (χ2v) is 7.00. The van der Waals surface area contributed by atoms with Crippen molar-refractivity contribution in [2.45, 2.75) is 25.6 Å². The van der Waals surface area contributed by atoms with Crippen molar-refractivity contribution in [3.63, 3.8) is 0 Å². The fourth-order valence-electron chi connectivity index (χ4n) is 3.31. The molecule has 0 aliphatic carbocycles. The van der Waals surface area contributed by atoms with Crippen molar-refractivity contribution in [1.29, 1.82) is 0 Å². The van der Waals surface area contributed by atoms with Gasteiger partial charge in [-0.25, -0.2) is 15.0 Å². The van der Waals surface area contributed by atoms with Gasteiger partial charge >= 0.3 is 6.18 Å². The lowest BCUT2D eigenvalue weighted by Gasteiger charge is -2.23. The molecule has 0 spiro atoms. The van der Waals surface area contributed by atoms with E-state index in [0.29, 0.717) is 6.42 Å². The Morgan fingerprint density at radius 2 is 1.60 bits per heavy atom. The summed E-state index contributed by atoms with van der Waals surface area (Å²) in [4.78, 5) is 8.02. The van der Waals surface area contributed by atoms with Crippen LogP contribution in [-0.2, 0) is 6.18 Å². The van der Waals surface area contributed by atoms with Gasteiger partial charge in [-0.15, -0.1) is 0 Å². The van der Waals surface area contributed by atoms with Gasteiger partial charge in [-0.2, -0.15) is 18.3 Å². The molecular formula is C23H19F3N4. The van der Waals surface area contributed by atoms with Crippen molar-refractivity contribution in [2.24, 2.45) is 5.10 Å². The van der Waals surface area contributed by atoms with Crippen molar-refractivity contribution < 1.29 is 13.2 Å². The average molecular weight is 408 g/mol. The van der Waals surface area contributed by atoms with Crippen LogP contribution in [0.4, 0.5) is 19.1 Å². The number of rotatable bonds is 4. The Bertz CT molecular complexity index is 1080. The Kier molecular flexibility index (Phi) is 5.35. The quantitative estimate of drug-likeness (QED) is 0.546. The molecule has 0 bridgehead atoms. The maximum absolute atomic E-state index is 13.3. The van der Waals surface area contributed by atoms with Crippen LogP contribution in [0.5, 0.6) is 0 Å². The van der Waals surface area contributed by atoms with E-state index < -0.39 is 11.9 Å². The molecule has 0 fully saturated rings. The number of allylic oxidation sites excluding steroid dienone is 1. The average Bonchev–Trinajstić information content (AvgIpc) is 3.17. The van der Waals surface area contributed by atoms with Crippen LogP contribution in [0.1, 0.15) is 35.0 Å². The first-order chi connectivity index (χ1) is 14.4. The molecule has 1 aliphatic rings. The van der Waals surface area contributed by atoms with Crippen molar-refractivity contribution in [1.82, 2.24) is 9.97 Å². The molecule has 152 valence electrons. The van der Waals surface area contributed by atoms with Gasteiger partial charge in [0.1, 0.15) is 5.69 Å². The smallest absolute Gasteiger partial charge is 0.223 e. The van der Waals surface area contributed by atoms with Gasteiger partial charge in [-0.05, 0) is 30.2 Å². The van der Waals surface area contributed by atoms with Crippen molar-refractivity contribution in [3.05, 3.63) is 95.3 Å². The highest BCUT2D eigenvalue weighted by atomic mass is 19.4. The minimum Gasteiger partial charge on any atom is -0.223 e. The summed E-state index contributed by atoms with van der Waals surface area (Å²) >= 11 is 0. The first-order valence-corrected chi connectivity index (χ1v) is 9.48. The Hall–Kier alpha value is -3.48. The third-order valence-electron chi connectivity index (χ3n) is 4.72. The lowest BCUT2D eigenvalue weighted by atomic mass is 10.0. The molecule has 0 N–H and O–H groups in total. The van der Waals surface area contributed by atoms with Gasteiger partial charge in [0, 0.05) is 12.1 Å². The van der Waals surface area contributed by atoms with E-state index in [2.05, 4.69) is 15.1 Å². The number of aryl methyl sites for hydroxylation is 1. The Balaban J connectivity index is 1.72. The predicted octanol–water partition coefficient (Wildman–Crippen LogP) is 5.82. The van der Waals surface area contributed by atoms with Crippen LogP contribution in [0.25, 0.3) is 6.08 Å². The minimum atomic E-state index is -4.55. The van der Waals surface area contributed by atoms with Crippen LogP contribution in [0.15, 0.2) is 77.9 Å². The summed E-state index contributed by atoms with van der Waals surface area (Å²) in [6.45, 7) is 1.52. The number of alkyl halides is 3. The monoisotopic (exact) mass is 408 g/mol. The first kappa shape index (κ1) is 19.8. The predicted molar refractivity (Wildman–Crippen MR) is 111 cm³/mol. The van der Waals surface area contributed by atoms with Crippen LogP contribution in [0.2, 0.25) is 0 Å². The van der Waals surface area contributed by atoms with E-state index in [4.69, 9.17) is 0 Å². The Labute approximate surface area is 172 Å². The van der Waals surface area contributed by atoms with Crippen LogP contribution in [0.3, 0.4) is 0 Å². The maximum atomic E-state index is 13.3. The molecule has 0 amide bonds. The van der Waals surface area contributed by atoms with Crippen LogP contribution in [-0.4, -0.2) is 15.7 Å². The molecule has 4 rings (SSSR count). The third kappa shape index (κ3) is 4.40. The molecule has 30 heavy (non-hydrogen) atoms. The van der Waals surface area contributed by atoms with E-state index in [1.165, 1.54) is 11.9 Å². The number of hydrogen-bond acceptors (Lipinski definition) is 4. The van der Waals surface area contributed by atoms with Crippen LogP contribution in [0, 0.1) is 6.92 Å². The second kappa shape index (κ2) is 8.10. The highest BCUT2D eigenvalue weighted by molar-refractivity contribution is 6.00. The lowest BCUT2D eigenvalue weighted by Crippen LogP contribution is -2.23. The third-order valence-corrected chi connectivity index (χ3v) is 4.72. The normalized spacial score (nSPS) is 16.9. The zero-order valence-electron chi connectivity index (χ0n) is 16.2. The van der Waals surface area contributed by atoms with Gasteiger partial charge in [0.15, 0.2) is 0 Å². The molecule has 7 heteroatoms. The van der Waals surface area contributed by atoms with Crippen molar-refractivity contribution >= 4 is 17.7 Å². The van der Waals surface area contributed by atoms with Gasteiger partial charge < -0.3 is 0 Å². The Morgan fingerprint density at radius 3 is 2.27 bits per heavy atom. The highest BCUT2D eigenvalue weighted by Crippen LogP contribution is 2.36. The second-order valence-electron chi connectivity index (χ2n) is 7.00.